The molecule has 1 aromatic rings. The molecule has 3 aliphatic rings. The molecule has 1 N–H and O–H groups in total. The molecule has 2 amide bonds. The summed E-state index contributed by atoms with van der Waals surface area (Å²) in [5, 5.41) is 3.10. The van der Waals surface area contributed by atoms with E-state index in [2.05, 4.69) is 5.32 Å². The van der Waals surface area contributed by atoms with Crippen LogP contribution >= 0.6 is 0 Å². The molecule has 0 aromatic heterocycles. The molecule has 2 saturated heterocycles. The molecule has 1 atom stereocenters. The lowest BCUT2D eigenvalue weighted by Crippen LogP contribution is -2.47. The molecule has 3 fully saturated rings. The molecule has 1 saturated carbocycles. The number of nitrogens with one attached hydrogen (secondary N) is 1. The Kier molecular flexibility index (Phi) is 7.06. The van der Waals surface area contributed by atoms with Crippen LogP contribution in [0, 0.1) is 5.92 Å². The standard InChI is InChI=1S/C25H33FN2O3/c26-22(17-19-7-3-1-4-8-19)24(30)28-15-13-25(14-16-28)12-11-21(31-25)18-27-23(29)20-9-5-2-6-10-20/h1,3-4,7-8,17,20-21H,2,5-6,9-16,18H2,(H,27,29). The van der Waals surface area contributed by atoms with Crippen LogP contribution in [0.4, 0.5) is 4.39 Å². The van der Waals surface area contributed by atoms with Crippen molar-refractivity contribution in [1.29, 1.82) is 0 Å². The van der Waals surface area contributed by atoms with Gasteiger partial charge < -0.3 is 15.0 Å². The summed E-state index contributed by atoms with van der Waals surface area (Å²) in [4.78, 5) is 26.5. The van der Waals surface area contributed by atoms with Gasteiger partial charge in [-0.2, -0.15) is 0 Å². The quantitative estimate of drug-likeness (QED) is 0.714. The van der Waals surface area contributed by atoms with Crippen molar-refractivity contribution in [2.24, 2.45) is 5.92 Å². The number of ether oxygens (including phenoxy) is 1. The zero-order valence-electron chi connectivity index (χ0n) is 18.2. The maximum absolute atomic E-state index is 14.4. The van der Waals surface area contributed by atoms with Crippen molar-refractivity contribution in [3.05, 3.63) is 41.7 Å². The zero-order chi connectivity index (χ0) is 21.7. The predicted molar refractivity (Wildman–Crippen MR) is 118 cm³/mol. The maximum Gasteiger partial charge on any atom is 0.282 e. The number of amides is 2. The van der Waals surface area contributed by atoms with E-state index in [1.807, 2.05) is 18.2 Å². The second kappa shape index (κ2) is 9.94. The van der Waals surface area contributed by atoms with Gasteiger partial charge in [0.1, 0.15) is 0 Å². The number of benzene rings is 1. The molecular formula is C25H33FN2O3. The van der Waals surface area contributed by atoms with Crippen molar-refractivity contribution in [2.75, 3.05) is 19.6 Å². The molecule has 1 aromatic carbocycles. The van der Waals surface area contributed by atoms with E-state index < -0.39 is 11.7 Å². The Morgan fingerprint density at radius 1 is 1.06 bits per heavy atom. The van der Waals surface area contributed by atoms with Crippen LogP contribution in [0.25, 0.3) is 6.08 Å². The molecule has 4 rings (SSSR count). The number of piperidine rings is 1. The van der Waals surface area contributed by atoms with E-state index in [-0.39, 0.29) is 23.5 Å². The number of halogens is 1. The minimum absolute atomic E-state index is 0.0319. The molecule has 5 nitrogen and oxygen atoms in total. The van der Waals surface area contributed by atoms with Crippen molar-refractivity contribution in [3.8, 4) is 0 Å². The van der Waals surface area contributed by atoms with E-state index in [4.69, 9.17) is 4.74 Å². The number of nitrogens with zero attached hydrogens (tertiary/aromatic N) is 1. The van der Waals surface area contributed by atoms with E-state index in [1.54, 1.807) is 17.0 Å². The highest BCUT2D eigenvalue weighted by molar-refractivity contribution is 5.95. The van der Waals surface area contributed by atoms with Gasteiger partial charge in [0.25, 0.3) is 5.91 Å². The fraction of sp³-hybridized carbons (Fsp3) is 0.600. The third-order valence-electron chi connectivity index (χ3n) is 7.08. The molecule has 2 aliphatic heterocycles. The highest BCUT2D eigenvalue weighted by Gasteiger charge is 2.43. The van der Waals surface area contributed by atoms with Gasteiger partial charge in [-0.1, -0.05) is 49.6 Å². The molecule has 31 heavy (non-hydrogen) atoms. The van der Waals surface area contributed by atoms with Crippen LogP contribution in [0.2, 0.25) is 0 Å². The molecule has 1 spiro atoms. The predicted octanol–water partition coefficient (Wildman–Crippen LogP) is 4.23. The van der Waals surface area contributed by atoms with Gasteiger partial charge in [-0.05, 0) is 50.2 Å². The van der Waals surface area contributed by atoms with Crippen molar-refractivity contribution < 1.29 is 18.7 Å². The summed E-state index contributed by atoms with van der Waals surface area (Å²) in [6.45, 7) is 1.56. The molecule has 0 bridgehead atoms. The Morgan fingerprint density at radius 3 is 2.48 bits per heavy atom. The van der Waals surface area contributed by atoms with Gasteiger partial charge in [0.15, 0.2) is 5.83 Å². The minimum atomic E-state index is -0.724. The van der Waals surface area contributed by atoms with Crippen LogP contribution in [0.15, 0.2) is 36.2 Å². The van der Waals surface area contributed by atoms with E-state index in [0.29, 0.717) is 38.0 Å². The number of hydrogen-bond acceptors (Lipinski definition) is 3. The topological polar surface area (TPSA) is 58.6 Å². The van der Waals surface area contributed by atoms with Gasteiger partial charge in [0.05, 0.1) is 11.7 Å². The van der Waals surface area contributed by atoms with Crippen molar-refractivity contribution >= 4 is 17.9 Å². The first kappa shape index (κ1) is 22.0. The highest BCUT2D eigenvalue weighted by atomic mass is 19.1. The molecule has 1 unspecified atom stereocenters. The summed E-state index contributed by atoms with van der Waals surface area (Å²) in [6, 6.07) is 9.05. The number of hydrogen-bond donors (Lipinski definition) is 1. The van der Waals surface area contributed by atoms with Gasteiger partial charge in [-0.25, -0.2) is 4.39 Å². The number of carbonyl (C=O) groups is 2. The first-order valence-corrected chi connectivity index (χ1v) is 11.7. The van der Waals surface area contributed by atoms with Crippen LogP contribution in [-0.2, 0) is 14.3 Å². The Bertz CT molecular complexity index is 796. The van der Waals surface area contributed by atoms with Gasteiger partial charge in [0, 0.05) is 25.6 Å². The fourth-order valence-corrected chi connectivity index (χ4v) is 5.16. The van der Waals surface area contributed by atoms with E-state index in [9.17, 15) is 14.0 Å². The highest BCUT2D eigenvalue weighted by Crippen LogP contribution is 2.39. The van der Waals surface area contributed by atoms with Gasteiger partial charge in [0.2, 0.25) is 5.91 Å². The number of rotatable bonds is 5. The van der Waals surface area contributed by atoms with E-state index in [0.717, 1.165) is 38.5 Å². The summed E-state index contributed by atoms with van der Waals surface area (Å²) in [6.07, 6.45) is 10.1. The van der Waals surface area contributed by atoms with Crippen molar-refractivity contribution in [1.82, 2.24) is 10.2 Å². The minimum Gasteiger partial charge on any atom is -0.370 e. The second-order valence-electron chi connectivity index (χ2n) is 9.24. The second-order valence-corrected chi connectivity index (χ2v) is 9.24. The Balaban J connectivity index is 1.23. The van der Waals surface area contributed by atoms with E-state index in [1.165, 1.54) is 12.5 Å². The summed E-state index contributed by atoms with van der Waals surface area (Å²) >= 11 is 0. The molecular weight excluding hydrogens is 395 g/mol. The van der Waals surface area contributed by atoms with Gasteiger partial charge in [-0.3, -0.25) is 9.59 Å². The summed E-state index contributed by atoms with van der Waals surface area (Å²) in [5.41, 5.74) is 0.440. The lowest BCUT2D eigenvalue weighted by Gasteiger charge is -2.39. The zero-order valence-corrected chi connectivity index (χ0v) is 18.2. The maximum atomic E-state index is 14.4. The Labute approximate surface area is 184 Å². The van der Waals surface area contributed by atoms with Crippen LogP contribution < -0.4 is 5.32 Å². The van der Waals surface area contributed by atoms with Crippen LogP contribution in [0.1, 0.15) is 63.4 Å². The Hall–Kier alpha value is -2.21. The Morgan fingerprint density at radius 2 is 1.77 bits per heavy atom. The lowest BCUT2D eigenvalue weighted by molar-refractivity contribution is -0.136. The SMILES string of the molecule is O=C(NCC1CCC2(CCN(C(=O)C(F)=Cc3ccccc3)CC2)O1)C1CCCCC1. The summed E-state index contributed by atoms with van der Waals surface area (Å²) in [5.74, 6) is -0.937. The average Bonchev–Trinajstić information content (AvgIpc) is 3.21. The normalized spacial score (nSPS) is 24.4. The van der Waals surface area contributed by atoms with Crippen LogP contribution in [-0.4, -0.2) is 48.1 Å². The number of carbonyl (C=O) groups excluding carboxylic acids is 2. The van der Waals surface area contributed by atoms with E-state index >= 15 is 0 Å². The fourth-order valence-electron chi connectivity index (χ4n) is 5.16. The molecule has 2 heterocycles. The first-order chi connectivity index (χ1) is 15.0. The number of likely N-dealkylation sites (tertiary alicyclic amines) is 1. The summed E-state index contributed by atoms with van der Waals surface area (Å²) in [7, 11) is 0. The average molecular weight is 429 g/mol. The largest absolute Gasteiger partial charge is 0.370 e. The third kappa shape index (κ3) is 5.53. The lowest BCUT2D eigenvalue weighted by atomic mass is 9.88. The molecule has 1 aliphatic carbocycles. The van der Waals surface area contributed by atoms with Crippen molar-refractivity contribution in [2.45, 2.75) is 69.5 Å². The van der Waals surface area contributed by atoms with Crippen molar-refractivity contribution in [3.63, 3.8) is 0 Å². The molecule has 0 radical (unpaired) electrons. The summed E-state index contributed by atoms with van der Waals surface area (Å²) < 4.78 is 20.8. The molecule has 6 heteroatoms. The molecule has 168 valence electrons. The monoisotopic (exact) mass is 428 g/mol. The van der Waals surface area contributed by atoms with Gasteiger partial charge >= 0.3 is 0 Å². The van der Waals surface area contributed by atoms with Crippen LogP contribution in [0.3, 0.4) is 0 Å². The van der Waals surface area contributed by atoms with Crippen LogP contribution in [0.5, 0.6) is 0 Å². The third-order valence-corrected chi connectivity index (χ3v) is 7.08. The van der Waals surface area contributed by atoms with Gasteiger partial charge in [-0.15, -0.1) is 0 Å². The smallest absolute Gasteiger partial charge is 0.282 e. The first-order valence-electron chi connectivity index (χ1n) is 11.7.